The first kappa shape index (κ1) is 8.09. The molecule has 1 amide bonds. The second-order valence-corrected chi connectivity index (χ2v) is 2.94. The Morgan fingerprint density at radius 3 is 2.69 bits per heavy atom. The molecule has 1 fully saturated rings. The van der Waals surface area contributed by atoms with E-state index in [1.807, 2.05) is 0 Å². The van der Waals surface area contributed by atoms with Crippen molar-refractivity contribution in [1.29, 1.82) is 0 Å². The average molecular weight is 182 g/mol. The molecule has 0 saturated carbocycles. The molecule has 2 rings (SSSR count). The zero-order valence-electron chi connectivity index (χ0n) is 6.44. The van der Waals surface area contributed by atoms with Crippen molar-refractivity contribution in [3.8, 4) is 0 Å². The fraction of sp³-hybridized carbons (Fsp3) is 0.286. The maximum absolute atomic E-state index is 11.2. The maximum atomic E-state index is 11.2. The normalized spacial score (nSPS) is 36.7. The summed E-state index contributed by atoms with van der Waals surface area (Å²) in [4.78, 5) is 33.0. The minimum Gasteiger partial charge on any atom is -0.365 e. The van der Waals surface area contributed by atoms with Gasteiger partial charge >= 0.3 is 0 Å². The lowest BCUT2D eigenvalue weighted by Gasteiger charge is -2.08. The summed E-state index contributed by atoms with van der Waals surface area (Å²) in [6, 6.07) is 0. The van der Waals surface area contributed by atoms with E-state index in [1.165, 1.54) is 0 Å². The predicted molar refractivity (Wildman–Crippen MR) is 39.1 cm³/mol. The molecule has 2 aliphatic rings. The van der Waals surface area contributed by atoms with Crippen LogP contribution in [0.2, 0.25) is 0 Å². The van der Waals surface area contributed by atoms with Gasteiger partial charge in [-0.15, -0.1) is 0 Å². The number of ether oxygens (including phenoxy) is 1. The van der Waals surface area contributed by atoms with E-state index in [2.05, 4.69) is 4.74 Å². The molecule has 0 aromatic carbocycles. The van der Waals surface area contributed by atoms with E-state index >= 15 is 0 Å². The van der Waals surface area contributed by atoms with Gasteiger partial charge in [0, 0.05) is 6.08 Å². The number of epoxide rings is 1. The van der Waals surface area contributed by atoms with Gasteiger partial charge in [0.2, 0.25) is 17.3 Å². The Bertz CT molecular complexity index is 373. The average Bonchev–Trinajstić information content (AvgIpc) is 2.72. The molecule has 2 unspecified atom stereocenters. The molecule has 1 heterocycles. The lowest BCUT2D eigenvalue weighted by molar-refractivity contribution is -0.124. The molecule has 1 saturated heterocycles. The van der Waals surface area contributed by atoms with Gasteiger partial charge in [-0.2, -0.15) is 0 Å². The predicted octanol–water partition coefficient (Wildman–Crippen LogP) is -2.40. The van der Waals surface area contributed by atoms with Gasteiger partial charge in [0.1, 0.15) is 0 Å². The van der Waals surface area contributed by atoms with Gasteiger partial charge < -0.3 is 10.5 Å². The molecule has 68 valence electrons. The monoisotopic (exact) mass is 182 g/mol. The Kier molecular flexibility index (Phi) is 1.27. The zero-order valence-corrected chi connectivity index (χ0v) is 6.44. The summed E-state index contributed by atoms with van der Waals surface area (Å²) >= 11 is 0. The van der Waals surface area contributed by atoms with Crippen LogP contribution in [0.25, 0.3) is 0 Å². The molecule has 0 aromatic rings. The van der Waals surface area contributed by atoms with Gasteiger partial charge in [0.25, 0.3) is 5.91 Å². The highest BCUT2D eigenvalue weighted by Gasteiger charge is 2.66. The maximum Gasteiger partial charge on any atom is 0.252 e. The Morgan fingerprint density at radius 2 is 2.15 bits per heavy atom. The summed E-state index contributed by atoms with van der Waals surface area (Å²) in [6.07, 6.45) is -0.179. The van der Waals surface area contributed by atoms with Crippen LogP contribution in [0.4, 0.5) is 0 Å². The Labute approximate surface area is 72.5 Å². The van der Waals surface area contributed by atoms with Gasteiger partial charge in [-0.1, -0.05) is 0 Å². The van der Waals surface area contributed by atoms with E-state index in [1.54, 1.807) is 0 Å². The molecule has 1 aliphatic heterocycles. The zero-order chi connectivity index (χ0) is 9.80. The van der Waals surface area contributed by atoms with Crippen LogP contribution in [0.5, 0.6) is 0 Å². The topological polar surface area (TPSA) is 116 Å². The number of Topliss-reactive ketones (excluding diaryl/α,β-unsaturated/α-hetero) is 1. The minimum absolute atomic E-state index is 0.339. The van der Waals surface area contributed by atoms with Crippen molar-refractivity contribution in [2.75, 3.05) is 0 Å². The molecule has 4 N–H and O–H groups in total. The van der Waals surface area contributed by atoms with E-state index < -0.39 is 29.3 Å². The molecule has 1 aliphatic carbocycles. The van der Waals surface area contributed by atoms with Crippen LogP contribution in [-0.2, 0) is 19.1 Å². The largest absolute Gasteiger partial charge is 0.365 e. The van der Waals surface area contributed by atoms with Gasteiger partial charge in [-0.05, 0) is 0 Å². The second kappa shape index (κ2) is 2.04. The Morgan fingerprint density at radius 1 is 1.54 bits per heavy atom. The highest BCUT2D eigenvalue weighted by Crippen LogP contribution is 2.38. The molecule has 0 aromatic heterocycles. The SMILES string of the molecule is NC(=O)C1=CC(=O)C2(N)OC2C1=O. The summed E-state index contributed by atoms with van der Waals surface area (Å²) in [5, 5.41) is 0. The standard InChI is InChI=1S/C7H6N2O4/c8-6(12)2-1-3(10)7(9)5(13-7)4(2)11/h1,5H,9H2,(H2,8,12). The van der Waals surface area contributed by atoms with Gasteiger partial charge in [-0.3, -0.25) is 20.1 Å². The third-order valence-electron chi connectivity index (χ3n) is 2.07. The summed E-state index contributed by atoms with van der Waals surface area (Å²) in [7, 11) is 0. The number of hydrogen-bond donors (Lipinski definition) is 2. The van der Waals surface area contributed by atoms with Crippen molar-refractivity contribution in [2.24, 2.45) is 11.5 Å². The summed E-state index contributed by atoms with van der Waals surface area (Å²) in [5.41, 5.74) is 8.35. The number of carbonyl (C=O) groups excluding carboxylic acids is 3. The molecule has 2 atom stereocenters. The van der Waals surface area contributed by atoms with Crippen molar-refractivity contribution in [3.63, 3.8) is 0 Å². The fourth-order valence-electron chi connectivity index (χ4n) is 1.25. The number of carbonyl (C=O) groups is 3. The van der Waals surface area contributed by atoms with Crippen LogP contribution >= 0.6 is 0 Å². The van der Waals surface area contributed by atoms with E-state index in [-0.39, 0.29) is 5.57 Å². The van der Waals surface area contributed by atoms with Crippen molar-refractivity contribution in [3.05, 3.63) is 11.6 Å². The summed E-state index contributed by atoms with van der Waals surface area (Å²) < 4.78 is 4.69. The van der Waals surface area contributed by atoms with Gasteiger partial charge in [0.15, 0.2) is 6.10 Å². The van der Waals surface area contributed by atoms with E-state index in [9.17, 15) is 14.4 Å². The molecular weight excluding hydrogens is 176 g/mol. The first-order chi connectivity index (χ1) is 5.97. The number of hydrogen-bond acceptors (Lipinski definition) is 5. The number of fused-ring (bicyclic) bond motifs is 1. The third-order valence-corrected chi connectivity index (χ3v) is 2.07. The minimum atomic E-state index is -1.53. The third kappa shape index (κ3) is 0.865. The van der Waals surface area contributed by atoms with Crippen molar-refractivity contribution >= 4 is 17.5 Å². The molecule has 13 heavy (non-hydrogen) atoms. The van der Waals surface area contributed by atoms with Gasteiger partial charge in [0.05, 0.1) is 5.57 Å². The summed E-state index contributed by atoms with van der Waals surface area (Å²) in [5.74, 6) is -2.14. The van der Waals surface area contributed by atoms with Gasteiger partial charge in [-0.25, -0.2) is 0 Å². The van der Waals surface area contributed by atoms with Crippen LogP contribution < -0.4 is 11.5 Å². The number of ketones is 2. The van der Waals surface area contributed by atoms with Crippen LogP contribution in [0, 0.1) is 0 Å². The Hall–Kier alpha value is -1.53. The second-order valence-electron chi connectivity index (χ2n) is 2.94. The van der Waals surface area contributed by atoms with Crippen LogP contribution in [0.3, 0.4) is 0 Å². The number of nitrogens with two attached hydrogens (primary N) is 2. The molecule has 0 bridgehead atoms. The smallest absolute Gasteiger partial charge is 0.252 e. The fourth-order valence-corrected chi connectivity index (χ4v) is 1.25. The molecule has 6 nitrogen and oxygen atoms in total. The van der Waals surface area contributed by atoms with E-state index in [0.29, 0.717) is 0 Å². The first-order valence-electron chi connectivity index (χ1n) is 3.53. The highest BCUT2D eigenvalue weighted by atomic mass is 16.6. The van der Waals surface area contributed by atoms with Crippen LogP contribution in [0.15, 0.2) is 11.6 Å². The molecular formula is C7H6N2O4. The lowest BCUT2D eigenvalue weighted by atomic mass is 9.93. The quantitative estimate of drug-likeness (QED) is 0.346. The number of amides is 1. The van der Waals surface area contributed by atoms with Crippen molar-refractivity contribution in [2.45, 2.75) is 11.8 Å². The number of primary amides is 1. The first-order valence-corrected chi connectivity index (χ1v) is 3.53. The van der Waals surface area contributed by atoms with Crippen LogP contribution in [-0.4, -0.2) is 29.3 Å². The molecule has 0 spiro atoms. The van der Waals surface area contributed by atoms with E-state index in [0.717, 1.165) is 6.08 Å². The van der Waals surface area contributed by atoms with E-state index in [4.69, 9.17) is 11.5 Å². The Balaban J connectivity index is 2.44. The summed E-state index contributed by atoms with van der Waals surface area (Å²) in [6.45, 7) is 0. The van der Waals surface area contributed by atoms with Crippen molar-refractivity contribution < 1.29 is 19.1 Å². The van der Waals surface area contributed by atoms with Crippen molar-refractivity contribution in [1.82, 2.24) is 0 Å². The van der Waals surface area contributed by atoms with Crippen LogP contribution in [0.1, 0.15) is 0 Å². The highest BCUT2D eigenvalue weighted by molar-refractivity contribution is 6.29. The molecule has 0 radical (unpaired) electrons. The lowest BCUT2D eigenvalue weighted by Crippen LogP contribution is -2.43. The number of rotatable bonds is 1. The molecule has 6 heteroatoms.